The van der Waals surface area contributed by atoms with Crippen molar-refractivity contribution in [2.24, 2.45) is 0 Å². The van der Waals surface area contributed by atoms with Gasteiger partial charge in [0, 0.05) is 37.6 Å². The summed E-state index contributed by atoms with van der Waals surface area (Å²) in [6.45, 7) is 12.0. The molecule has 0 saturated carbocycles. The van der Waals surface area contributed by atoms with Crippen LogP contribution in [-0.4, -0.2) is 68.2 Å². The molecule has 11 heteroatoms. The standard InChI is InChI=1S/C20H27N9O2/c1-14(2)25-18(30)13-28-12-15(9-24-28)26-20-22-7-6-17(27-20)23-10-16-5-4-8-29(16)19(31)11-21-3/h6-7,9,12,14,16H,4-5,8,10-11,13H2,1-2H3,(H,25,30)(H2,22,23,26,27)/t16-/m1/s1. The first-order valence-corrected chi connectivity index (χ1v) is 10.2. The molecule has 0 aromatic carbocycles. The molecule has 1 aliphatic rings. The molecule has 0 spiro atoms. The minimum atomic E-state index is -0.122. The average molecular weight is 425 g/mol. The molecule has 2 aromatic heterocycles. The zero-order chi connectivity index (χ0) is 22.2. The van der Waals surface area contributed by atoms with E-state index in [-0.39, 0.29) is 37.0 Å². The van der Waals surface area contributed by atoms with Crippen LogP contribution in [0.1, 0.15) is 26.7 Å². The fourth-order valence-corrected chi connectivity index (χ4v) is 3.43. The van der Waals surface area contributed by atoms with E-state index >= 15 is 0 Å². The average Bonchev–Trinajstić information content (AvgIpc) is 3.35. The molecular weight excluding hydrogens is 398 g/mol. The number of nitrogens with one attached hydrogen (secondary N) is 3. The van der Waals surface area contributed by atoms with E-state index < -0.39 is 0 Å². The predicted molar refractivity (Wildman–Crippen MR) is 116 cm³/mol. The maximum Gasteiger partial charge on any atom is 0.303 e. The first-order chi connectivity index (χ1) is 14.9. The second-order valence-electron chi connectivity index (χ2n) is 7.62. The summed E-state index contributed by atoms with van der Waals surface area (Å²) in [5.41, 5.74) is 0.668. The van der Waals surface area contributed by atoms with Gasteiger partial charge in [0.25, 0.3) is 6.54 Å². The van der Waals surface area contributed by atoms with Gasteiger partial charge in [-0.05, 0) is 32.8 Å². The van der Waals surface area contributed by atoms with Gasteiger partial charge in [0.15, 0.2) is 0 Å². The third-order valence-electron chi connectivity index (χ3n) is 4.73. The van der Waals surface area contributed by atoms with Crippen LogP contribution >= 0.6 is 0 Å². The topological polar surface area (TPSA) is 121 Å². The maximum absolute atomic E-state index is 12.1. The SMILES string of the molecule is [C-]#[N+]CC(=O)N1CCC[C@@H]1CNc1ccnc(Nc2cnn(CC(=O)NC(C)C)c2)n1. The largest absolute Gasteiger partial charge is 0.368 e. The third kappa shape index (κ3) is 6.40. The van der Waals surface area contributed by atoms with Gasteiger partial charge in [-0.2, -0.15) is 10.1 Å². The Kier molecular flexibility index (Phi) is 7.37. The molecule has 3 heterocycles. The van der Waals surface area contributed by atoms with Gasteiger partial charge in [-0.1, -0.05) is 0 Å². The van der Waals surface area contributed by atoms with Crippen LogP contribution in [-0.2, 0) is 16.1 Å². The van der Waals surface area contributed by atoms with Crippen LogP contribution in [0, 0.1) is 6.57 Å². The van der Waals surface area contributed by atoms with Crippen molar-refractivity contribution in [1.82, 2.24) is 30.0 Å². The number of nitrogens with zero attached hydrogens (tertiary/aromatic N) is 6. The van der Waals surface area contributed by atoms with Crippen molar-refractivity contribution in [2.45, 2.75) is 45.3 Å². The lowest BCUT2D eigenvalue weighted by Crippen LogP contribution is -2.40. The van der Waals surface area contributed by atoms with Gasteiger partial charge in [0.05, 0.1) is 11.9 Å². The smallest absolute Gasteiger partial charge is 0.303 e. The number of likely N-dealkylation sites (tertiary alicyclic amines) is 1. The van der Waals surface area contributed by atoms with Gasteiger partial charge < -0.3 is 25.7 Å². The summed E-state index contributed by atoms with van der Waals surface area (Å²) >= 11 is 0. The minimum Gasteiger partial charge on any atom is -0.368 e. The lowest BCUT2D eigenvalue weighted by atomic mass is 10.2. The molecule has 1 fully saturated rings. The molecule has 3 rings (SSSR count). The summed E-state index contributed by atoms with van der Waals surface area (Å²) < 4.78 is 1.54. The van der Waals surface area contributed by atoms with Gasteiger partial charge >= 0.3 is 5.91 Å². The van der Waals surface area contributed by atoms with E-state index in [0.717, 1.165) is 12.8 Å². The van der Waals surface area contributed by atoms with Crippen LogP contribution in [0.5, 0.6) is 0 Å². The molecule has 0 aliphatic carbocycles. The molecule has 31 heavy (non-hydrogen) atoms. The molecule has 1 saturated heterocycles. The van der Waals surface area contributed by atoms with Crippen LogP contribution in [0.2, 0.25) is 0 Å². The number of hydrogen-bond acceptors (Lipinski definition) is 7. The van der Waals surface area contributed by atoms with E-state index in [1.807, 2.05) is 13.8 Å². The molecule has 11 nitrogen and oxygen atoms in total. The summed E-state index contributed by atoms with van der Waals surface area (Å²) in [6.07, 6.45) is 6.78. The number of anilines is 3. The lowest BCUT2D eigenvalue weighted by molar-refractivity contribution is -0.129. The van der Waals surface area contributed by atoms with Crippen molar-refractivity contribution in [2.75, 3.05) is 30.3 Å². The monoisotopic (exact) mass is 425 g/mol. The van der Waals surface area contributed by atoms with E-state index in [4.69, 9.17) is 6.57 Å². The molecule has 164 valence electrons. The minimum absolute atomic E-state index is 0.0517. The molecule has 3 N–H and O–H groups in total. The first kappa shape index (κ1) is 22.0. The van der Waals surface area contributed by atoms with Crippen LogP contribution < -0.4 is 16.0 Å². The second kappa shape index (κ2) is 10.4. The van der Waals surface area contributed by atoms with Crippen molar-refractivity contribution >= 4 is 29.3 Å². The van der Waals surface area contributed by atoms with Crippen molar-refractivity contribution in [3.63, 3.8) is 0 Å². The van der Waals surface area contributed by atoms with Crippen LogP contribution in [0.4, 0.5) is 17.5 Å². The van der Waals surface area contributed by atoms with Crippen molar-refractivity contribution in [3.05, 3.63) is 36.1 Å². The van der Waals surface area contributed by atoms with Gasteiger partial charge in [-0.25, -0.2) is 11.6 Å². The number of carbonyl (C=O) groups is 2. The van der Waals surface area contributed by atoms with Gasteiger partial charge in [0.1, 0.15) is 12.4 Å². The number of amides is 2. The molecule has 0 unspecified atom stereocenters. The lowest BCUT2D eigenvalue weighted by Gasteiger charge is -2.23. The molecule has 2 aromatic rings. The third-order valence-corrected chi connectivity index (χ3v) is 4.73. The van der Waals surface area contributed by atoms with Crippen LogP contribution in [0.25, 0.3) is 4.85 Å². The van der Waals surface area contributed by atoms with Gasteiger partial charge in [-0.15, -0.1) is 0 Å². The summed E-state index contributed by atoms with van der Waals surface area (Å²) in [7, 11) is 0. The zero-order valence-corrected chi connectivity index (χ0v) is 17.7. The first-order valence-electron chi connectivity index (χ1n) is 10.2. The second-order valence-corrected chi connectivity index (χ2v) is 7.62. The maximum atomic E-state index is 12.1. The van der Waals surface area contributed by atoms with Gasteiger partial charge in [-0.3, -0.25) is 14.3 Å². The molecule has 0 bridgehead atoms. The fraction of sp³-hybridized carbons (Fsp3) is 0.500. The highest BCUT2D eigenvalue weighted by Crippen LogP contribution is 2.19. The summed E-state index contributed by atoms with van der Waals surface area (Å²) in [5.74, 6) is 0.792. The molecular formula is C20H27N9O2. The Morgan fingerprint density at radius 2 is 2.23 bits per heavy atom. The zero-order valence-electron chi connectivity index (χ0n) is 17.7. The number of rotatable bonds is 9. The highest BCUT2D eigenvalue weighted by Gasteiger charge is 2.29. The van der Waals surface area contributed by atoms with Crippen molar-refractivity contribution < 1.29 is 9.59 Å². The molecule has 1 atom stereocenters. The summed E-state index contributed by atoms with van der Waals surface area (Å²) in [5, 5.41) is 13.3. The summed E-state index contributed by atoms with van der Waals surface area (Å²) in [6, 6.07) is 1.88. The van der Waals surface area contributed by atoms with Crippen LogP contribution in [0.15, 0.2) is 24.7 Å². The predicted octanol–water partition coefficient (Wildman–Crippen LogP) is 1.26. The van der Waals surface area contributed by atoms with E-state index in [9.17, 15) is 9.59 Å². The van der Waals surface area contributed by atoms with Crippen molar-refractivity contribution in [3.8, 4) is 0 Å². The Hall–Kier alpha value is -3.68. The van der Waals surface area contributed by atoms with Crippen LogP contribution in [0.3, 0.4) is 0 Å². The Balaban J connectivity index is 1.54. The Morgan fingerprint density at radius 3 is 3.00 bits per heavy atom. The Bertz CT molecular complexity index is 950. The molecule has 2 amide bonds. The van der Waals surface area contributed by atoms with E-state index in [1.54, 1.807) is 29.6 Å². The Labute approximate surface area is 181 Å². The quantitative estimate of drug-likeness (QED) is 0.517. The normalized spacial score (nSPS) is 15.5. The van der Waals surface area contributed by atoms with Crippen molar-refractivity contribution in [1.29, 1.82) is 0 Å². The van der Waals surface area contributed by atoms with E-state index in [0.29, 0.717) is 30.5 Å². The fourth-order valence-electron chi connectivity index (χ4n) is 3.43. The highest BCUT2D eigenvalue weighted by atomic mass is 16.2. The number of hydrogen-bond donors (Lipinski definition) is 3. The van der Waals surface area contributed by atoms with E-state index in [2.05, 4.69) is 35.9 Å². The van der Waals surface area contributed by atoms with E-state index in [1.165, 1.54) is 4.68 Å². The molecule has 0 radical (unpaired) electrons. The Morgan fingerprint density at radius 1 is 1.39 bits per heavy atom. The number of aromatic nitrogens is 4. The van der Waals surface area contributed by atoms with Gasteiger partial charge in [0.2, 0.25) is 11.9 Å². The highest BCUT2D eigenvalue weighted by molar-refractivity contribution is 5.80. The number of carbonyl (C=O) groups excluding carboxylic acids is 2. The summed E-state index contributed by atoms with van der Waals surface area (Å²) in [4.78, 5) is 37.5. The molecule has 1 aliphatic heterocycles.